The number of esters is 5. The zero-order chi connectivity index (χ0) is 34.5. The Labute approximate surface area is 272 Å². The summed E-state index contributed by atoms with van der Waals surface area (Å²) in [5, 5.41) is 12.8. The standard InChI is InChI=1S/C35H40O12/c1-19(36)42-26-28(46-31(40)23-16-12-9-13-17-23)33(6)25(45-30(39)22-14-10-8-11-15-22)18-24-27(43-20(2)37)35(33,47-32(24,4)5)34(7,41)29(26)44-21(3)38/h8-17,24-29,41H,18H2,1-7H3. The molecular weight excluding hydrogens is 612 g/mol. The Balaban J connectivity index is 1.80. The summed E-state index contributed by atoms with van der Waals surface area (Å²) in [6.07, 6.45) is -7.31. The van der Waals surface area contributed by atoms with E-state index in [1.54, 1.807) is 69.3 Å². The minimum atomic E-state index is -2.31. The first kappa shape index (κ1) is 34.1. The van der Waals surface area contributed by atoms with Crippen molar-refractivity contribution < 1.29 is 57.5 Å². The van der Waals surface area contributed by atoms with E-state index in [2.05, 4.69) is 0 Å². The van der Waals surface area contributed by atoms with E-state index in [1.165, 1.54) is 26.0 Å². The summed E-state index contributed by atoms with van der Waals surface area (Å²) >= 11 is 0. The molecular formula is C35H40O12. The molecule has 252 valence electrons. The molecule has 2 aliphatic carbocycles. The molecule has 1 saturated heterocycles. The van der Waals surface area contributed by atoms with Gasteiger partial charge in [-0.05, 0) is 58.4 Å². The number of carbonyl (C=O) groups is 5. The fraction of sp³-hybridized carbons (Fsp3) is 0.514. The molecule has 9 unspecified atom stereocenters. The molecule has 5 rings (SSSR count). The van der Waals surface area contributed by atoms with Crippen molar-refractivity contribution in [1.82, 2.24) is 0 Å². The predicted octanol–water partition coefficient (Wildman–Crippen LogP) is 3.57. The lowest BCUT2D eigenvalue weighted by atomic mass is 9.46. The first-order chi connectivity index (χ1) is 22.0. The van der Waals surface area contributed by atoms with Crippen molar-refractivity contribution in [3.63, 3.8) is 0 Å². The van der Waals surface area contributed by atoms with Gasteiger partial charge >= 0.3 is 29.8 Å². The smallest absolute Gasteiger partial charge is 0.338 e. The van der Waals surface area contributed by atoms with Crippen molar-refractivity contribution in [3.05, 3.63) is 71.8 Å². The number of carbonyl (C=O) groups excluding carboxylic acids is 5. The lowest BCUT2D eigenvalue weighted by Gasteiger charge is -2.66. The Kier molecular flexibility index (Phi) is 8.74. The second-order valence-electron chi connectivity index (χ2n) is 13.3. The molecule has 0 amide bonds. The zero-order valence-electron chi connectivity index (χ0n) is 27.4. The summed E-state index contributed by atoms with van der Waals surface area (Å²) in [4.78, 5) is 65.5. The van der Waals surface area contributed by atoms with Crippen LogP contribution < -0.4 is 0 Å². The number of benzene rings is 2. The maximum absolute atomic E-state index is 13.8. The van der Waals surface area contributed by atoms with Gasteiger partial charge in [0, 0.05) is 26.7 Å². The molecule has 12 heteroatoms. The number of fused-ring (bicyclic) bond motifs is 1. The number of hydrogen-bond acceptors (Lipinski definition) is 12. The highest BCUT2D eigenvalue weighted by Crippen LogP contribution is 2.69. The quantitative estimate of drug-likeness (QED) is 0.343. The van der Waals surface area contributed by atoms with Crippen LogP contribution >= 0.6 is 0 Å². The van der Waals surface area contributed by atoms with Gasteiger partial charge in [-0.3, -0.25) is 14.4 Å². The monoisotopic (exact) mass is 652 g/mol. The SMILES string of the molecule is CC(=O)OC1C(OC(C)=O)C(C)(O)C23OC(C)(C)C(CC(OC(=O)c4ccccc4)C2(C)C1OC(=O)c1ccccc1)C3OC(C)=O. The van der Waals surface area contributed by atoms with Crippen molar-refractivity contribution in [1.29, 1.82) is 0 Å². The summed E-state index contributed by atoms with van der Waals surface area (Å²) in [5.41, 5.74) is -6.96. The van der Waals surface area contributed by atoms with Gasteiger partial charge in [-0.15, -0.1) is 0 Å². The van der Waals surface area contributed by atoms with Gasteiger partial charge in [0.15, 0.2) is 23.9 Å². The molecule has 2 bridgehead atoms. The molecule has 1 N–H and O–H groups in total. The van der Waals surface area contributed by atoms with Crippen LogP contribution in [-0.2, 0) is 42.8 Å². The van der Waals surface area contributed by atoms with Crippen LogP contribution in [0.5, 0.6) is 0 Å². The van der Waals surface area contributed by atoms with E-state index >= 15 is 0 Å². The molecule has 2 aromatic carbocycles. The van der Waals surface area contributed by atoms with Crippen LogP contribution in [0.4, 0.5) is 0 Å². The summed E-state index contributed by atoms with van der Waals surface area (Å²) in [6.45, 7) is 9.80. The predicted molar refractivity (Wildman–Crippen MR) is 163 cm³/mol. The highest BCUT2D eigenvalue weighted by Gasteiger charge is 2.87. The summed E-state index contributed by atoms with van der Waals surface area (Å²) in [7, 11) is 0. The fourth-order valence-electron chi connectivity index (χ4n) is 8.01. The molecule has 12 nitrogen and oxygen atoms in total. The normalized spacial score (nSPS) is 35.1. The van der Waals surface area contributed by atoms with Crippen molar-refractivity contribution in [2.45, 2.75) is 102 Å². The highest BCUT2D eigenvalue weighted by molar-refractivity contribution is 5.90. The lowest BCUT2D eigenvalue weighted by molar-refractivity contribution is -0.368. The Hall–Kier alpha value is -4.29. The molecule has 3 aliphatic rings. The minimum absolute atomic E-state index is 0.0300. The molecule has 3 fully saturated rings. The van der Waals surface area contributed by atoms with Crippen LogP contribution in [0.25, 0.3) is 0 Å². The number of rotatable bonds is 7. The maximum atomic E-state index is 13.8. The molecule has 1 aliphatic heterocycles. The van der Waals surface area contributed by atoms with Gasteiger partial charge in [-0.2, -0.15) is 0 Å². The molecule has 1 spiro atoms. The van der Waals surface area contributed by atoms with Crippen LogP contribution in [0.2, 0.25) is 0 Å². The molecule has 2 aromatic rings. The number of hydrogen-bond donors (Lipinski definition) is 1. The van der Waals surface area contributed by atoms with E-state index < -0.39 is 88.5 Å². The van der Waals surface area contributed by atoms with Gasteiger partial charge in [0.25, 0.3) is 0 Å². The topological polar surface area (TPSA) is 161 Å². The highest BCUT2D eigenvalue weighted by atomic mass is 16.7. The first-order valence-electron chi connectivity index (χ1n) is 15.4. The maximum Gasteiger partial charge on any atom is 0.338 e. The number of aliphatic hydroxyl groups is 1. The Bertz CT molecular complexity index is 1550. The Morgan fingerprint density at radius 2 is 1.13 bits per heavy atom. The van der Waals surface area contributed by atoms with E-state index in [0.29, 0.717) is 0 Å². The fourth-order valence-corrected chi connectivity index (χ4v) is 8.01. The molecule has 0 aromatic heterocycles. The van der Waals surface area contributed by atoms with Gasteiger partial charge in [0.1, 0.15) is 17.8 Å². The molecule has 0 radical (unpaired) electrons. The minimum Gasteiger partial charge on any atom is -0.459 e. The third kappa shape index (κ3) is 5.46. The summed E-state index contributed by atoms with van der Waals surface area (Å²) in [5.74, 6) is -4.60. The molecule has 47 heavy (non-hydrogen) atoms. The van der Waals surface area contributed by atoms with Crippen molar-refractivity contribution in [3.8, 4) is 0 Å². The van der Waals surface area contributed by atoms with Crippen LogP contribution in [0, 0.1) is 11.3 Å². The van der Waals surface area contributed by atoms with Gasteiger partial charge < -0.3 is 33.5 Å². The summed E-state index contributed by atoms with van der Waals surface area (Å²) < 4.78 is 36.7. The van der Waals surface area contributed by atoms with Crippen molar-refractivity contribution >= 4 is 29.8 Å². The van der Waals surface area contributed by atoms with Crippen molar-refractivity contribution in [2.75, 3.05) is 0 Å². The summed E-state index contributed by atoms with van der Waals surface area (Å²) in [6, 6.07) is 16.2. The first-order valence-corrected chi connectivity index (χ1v) is 15.4. The van der Waals surface area contributed by atoms with Crippen LogP contribution in [0.15, 0.2) is 60.7 Å². The second kappa shape index (κ2) is 12.1. The molecule has 2 saturated carbocycles. The van der Waals surface area contributed by atoms with E-state index in [-0.39, 0.29) is 17.5 Å². The third-order valence-corrected chi connectivity index (χ3v) is 9.90. The Morgan fingerprint density at radius 1 is 0.660 bits per heavy atom. The average molecular weight is 653 g/mol. The number of ether oxygens (including phenoxy) is 6. The van der Waals surface area contributed by atoms with E-state index in [0.717, 1.165) is 13.8 Å². The van der Waals surface area contributed by atoms with Crippen LogP contribution in [0.3, 0.4) is 0 Å². The Morgan fingerprint density at radius 3 is 1.62 bits per heavy atom. The lowest BCUT2D eigenvalue weighted by Crippen LogP contribution is -2.86. The van der Waals surface area contributed by atoms with E-state index in [9.17, 15) is 29.1 Å². The van der Waals surface area contributed by atoms with Gasteiger partial charge in [-0.25, -0.2) is 9.59 Å². The van der Waals surface area contributed by atoms with E-state index in [4.69, 9.17) is 28.4 Å². The third-order valence-electron chi connectivity index (χ3n) is 9.90. The zero-order valence-corrected chi connectivity index (χ0v) is 27.4. The largest absolute Gasteiger partial charge is 0.459 e. The molecule has 1 heterocycles. The molecule has 9 atom stereocenters. The van der Waals surface area contributed by atoms with Gasteiger partial charge in [0.05, 0.1) is 22.1 Å². The average Bonchev–Trinajstić information content (AvgIpc) is 3.18. The second-order valence-corrected chi connectivity index (χ2v) is 13.3. The van der Waals surface area contributed by atoms with Crippen molar-refractivity contribution in [2.24, 2.45) is 11.3 Å². The van der Waals surface area contributed by atoms with Gasteiger partial charge in [-0.1, -0.05) is 36.4 Å². The van der Waals surface area contributed by atoms with Gasteiger partial charge in [0.2, 0.25) is 0 Å². The van der Waals surface area contributed by atoms with Crippen LogP contribution in [0.1, 0.15) is 75.6 Å². The van der Waals surface area contributed by atoms with E-state index in [1.807, 2.05) is 0 Å². The van der Waals surface area contributed by atoms with Crippen LogP contribution in [-0.4, -0.2) is 82.3 Å².